The van der Waals surface area contributed by atoms with E-state index in [-0.39, 0.29) is 0 Å². The van der Waals surface area contributed by atoms with Gasteiger partial charge in [0, 0.05) is 0 Å². The zero-order valence-electron chi connectivity index (χ0n) is 13.0. The van der Waals surface area contributed by atoms with Gasteiger partial charge >= 0.3 is 0 Å². The standard InChI is InChI=1S/C22H18/c1-13-9-11-15-5-4-8-18-20-14(2)10-12-16-6-3-7-17(22(16)20)19(13)21(15)18/h3-7,9-11H,8,12H2,1-2H3. The van der Waals surface area contributed by atoms with E-state index >= 15 is 0 Å². The maximum atomic E-state index is 2.40. The van der Waals surface area contributed by atoms with E-state index in [4.69, 9.17) is 0 Å². The van der Waals surface area contributed by atoms with E-state index in [1.54, 1.807) is 0 Å². The summed E-state index contributed by atoms with van der Waals surface area (Å²) in [5.41, 5.74) is 8.74. The summed E-state index contributed by atoms with van der Waals surface area (Å²) in [7, 11) is 0. The molecule has 0 N–H and O–H groups in total. The smallest absolute Gasteiger partial charge is 0.00611 e. The molecule has 0 fully saturated rings. The van der Waals surface area contributed by atoms with Crippen LogP contribution in [0.25, 0.3) is 33.2 Å². The Bertz CT molecular complexity index is 1030. The molecule has 0 heterocycles. The van der Waals surface area contributed by atoms with Crippen molar-refractivity contribution in [2.75, 3.05) is 0 Å². The highest BCUT2D eigenvalue weighted by molar-refractivity contribution is 6.18. The summed E-state index contributed by atoms with van der Waals surface area (Å²) in [5.74, 6) is 0. The maximum Gasteiger partial charge on any atom is -0.00611 e. The van der Waals surface area contributed by atoms with E-state index in [0.29, 0.717) is 0 Å². The van der Waals surface area contributed by atoms with Gasteiger partial charge in [0.25, 0.3) is 0 Å². The molecule has 0 bridgehead atoms. The number of aryl methyl sites for hydroxylation is 1. The molecule has 0 saturated heterocycles. The zero-order chi connectivity index (χ0) is 14.8. The second kappa shape index (κ2) is 4.10. The van der Waals surface area contributed by atoms with Gasteiger partial charge in [-0.1, -0.05) is 48.6 Å². The number of hydrogen-bond acceptors (Lipinski definition) is 0. The highest BCUT2D eigenvalue weighted by Crippen LogP contribution is 2.44. The lowest BCUT2D eigenvalue weighted by Gasteiger charge is -2.25. The monoisotopic (exact) mass is 282 g/mol. The van der Waals surface area contributed by atoms with Crippen molar-refractivity contribution in [1.82, 2.24) is 0 Å². The third-order valence-corrected chi connectivity index (χ3v) is 5.36. The predicted octanol–water partition coefficient (Wildman–Crippen LogP) is 5.83. The number of fused-ring (bicyclic) bond motifs is 2. The van der Waals surface area contributed by atoms with E-state index in [2.05, 4.69) is 62.4 Å². The molecule has 0 nitrogen and oxygen atoms in total. The molecule has 3 aromatic rings. The Labute approximate surface area is 130 Å². The lowest BCUT2D eigenvalue weighted by atomic mass is 9.78. The fourth-order valence-corrected chi connectivity index (χ4v) is 4.39. The Kier molecular flexibility index (Phi) is 2.28. The van der Waals surface area contributed by atoms with Crippen LogP contribution in [-0.4, -0.2) is 0 Å². The van der Waals surface area contributed by atoms with Crippen molar-refractivity contribution < 1.29 is 0 Å². The Morgan fingerprint density at radius 1 is 0.864 bits per heavy atom. The molecule has 0 saturated carbocycles. The van der Waals surface area contributed by atoms with Crippen molar-refractivity contribution in [2.45, 2.75) is 26.7 Å². The fourth-order valence-electron chi connectivity index (χ4n) is 4.39. The SMILES string of the molecule is CC1=CCc2cccc3c2c1c1c2c(ccc(C)c23)C=CC1. The quantitative estimate of drug-likeness (QED) is 0.455. The Morgan fingerprint density at radius 2 is 1.77 bits per heavy atom. The minimum absolute atomic E-state index is 1.05. The first-order chi connectivity index (χ1) is 10.8. The van der Waals surface area contributed by atoms with Crippen LogP contribution in [0.1, 0.15) is 34.7 Å². The van der Waals surface area contributed by atoms with Crippen molar-refractivity contribution in [3.8, 4) is 0 Å². The summed E-state index contributed by atoms with van der Waals surface area (Å²) in [6.07, 6.45) is 9.12. The van der Waals surface area contributed by atoms with Gasteiger partial charge in [-0.25, -0.2) is 0 Å². The summed E-state index contributed by atoms with van der Waals surface area (Å²) in [6.45, 7) is 4.53. The number of allylic oxidation sites excluding steroid dienone is 3. The Balaban J connectivity index is 2.18. The summed E-state index contributed by atoms with van der Waals surface area (Å²) >= 11 is 0. The molecule has 0 heteroatoms. The van der Waals surface area contributed by atoms with Crippen LogP contribution in [0.3, 0.4) is 0 Å². The highest BCUT2D eigenvalue weighted by Gasteiger charge is 2.22. The van der Waals surface area contributed by atoms with Gasteiger partial charge in [-0.05, 0) is 81.6 Å². The van der Waals surface area contributed by atoms with Gasteiger partial charge in [-0.15, -0.1) is 0 Å². The van der Waals surface area contributed by atoms with Crippen molar-refractivity contribution >= 4 is 33.2 Å². The molecule has 0 atom stereocenters. The van der Waals surface area contributed by atoms with Crippen molar-refractivity contribution in [3.05, 3.63) is 70.3 Å². The van der Waals surface area contributed by atoms with Gasteiger partial charge in [0.05, 0.1) is 0 Å². The first-order valence-corrected chi connectivity index (χ1v) is 8.09. The lowest BCUT2D eigenvalue weighted by Crippen LogP contribution is -2.05. The van der Waals surface area contributed by atoms with Gasteiger partial charge in [0.2, 0.25) is 0 Å². The summed E-state index contributed by atoms with van der Waals surface area (Å²) in [4.78, 5) is 0. The largest absolute Gasteiger partial charge is 0.0795 e. The van der Waals surface area contributed by atoms with Crippen LogP contribution in [0, 0.1) is 6.92 Å². The van der Waals surface area contributed by atoms with Gasteiger partial charge in [-0.2, -0.15) is 0 Å². The normalized spacial score (nSPS) is 15.5. The van der Waals surface area contributed by atoms with Crippen molar-refractivity contribution in [2.24, 2.45) is 0 Å². The van der Waals surface area contributed by atoms with Crippen molar-refractivity contribution in [3.63, 3.8) is 0 Å². The molecule has 3 aromatic carbocycles. The van der Waals surface area contributed by atoms with E-state index in [9.17, 15) is 0 Å². The van der Waals surface area contributed by atoms with Gasteiger partial charge in [0.1, 0.15) is 0 Å². The zero-order valence-corrected chi connectivity index (χ0v) is 13.0. The molecule has 2 aliphatic rings. The Morgan fingerprint density at radius 3 is 2.68 bits per heavy atom. The van der Waals surface area contributed by atoms with Crippen LogP contribution in [0.4, 0.5) is 0 Å². The minimum atomic E-state index is 1.05. The van der Waals surface area contributed by atoms with Crippen LogP contribution in [0.15, 0.2) is 42.5 Å². The number of hydrogen-bond donors (Lipinski definition) is 0. The third-order valence-electron chi connectivity index (χ3n) is 5.36. The summed E-state index contributed by atoms with van der Waals surface area (Å²) in [5, 5.41) is 5.89. The third kappa shape index (κ3) is 1.38. The molecule has 0 unspecified atom stereocenters. The topological polar surface area (TPSA) is 0 Å². The average Bonchev–Trinajstić information content (AvgIpc) is 2.55. The first kappa shape index (κ1) is 12.2. The molecule has 0 aliphatic heterocycles. The molecule has 22 heavy (non-hydrogen) atoms. The molecule has 2 aliphatic carbocycles. The molecule has 0 amide bonds. The molecule has 0 spiro atoms. The van der Waals surface area contributed by atoms with E-state index in [0.717, 1.165) is 12.8 Å². The summed E-state index contributed by atoms with van der Waals surface area (Å²) in [6, 6.07) is 11.4. The van der Waals surface area contributed by atoms with E-state index in [1.165, 1.54) is 54.9 Å². The Hall–Kier alpha value is -2.34. The van der Waals surface area contributed by atoms with Crippen LogP contribution in [0.2, 0.25) is 0 Å². The summed E-state index contributed by atoms with van der Waals surface area (Å²) < 4.78 is 0. The van der Waals surface area contributed by atoms with Crippen molar-refractivity contribution in [1.29, 1.82) is 0 Å². The number of benzene rings is 3. The molecule has 5 rings (SSSR count). The van der Waals surface area contributed by atoms with Gasteiger partial charge in [0.15, 0.2) is 0 Å². The second-order valence-corrected chi connectivity index (χ2v) is 6.61. The molecular formula is C22H18. The van der Waals surface area contributed by atoms with Gasteiger partial charge in [-0.3, -0.25) is 0 Å². The number of rotatable bonds is 0. The van der Waals surface area contributed by atoms with Crippen LogP contribution >= 0.6 is 0 Å². The highest BCUT2D eigenvalue weighted by atomic mass is 14.3. The fraction of sp³-hybridized carbons (Fsp3) is 0.182. The van der Waals surface area contributed by atoms with Crippen LogP contribution in [-0.2, 0) is 12.8 Å². The average molecular weight is 282 g/mol. The molecule has 0 aromatic heterocycles. The van der Waals surface area contributed by atoms with Crippen LogP contribution < -0.4 is 0 Å². The van der Waals surface area contributed by atoms with Gasteiger partial charge < -0.3 is 0 Å². The van der Waals surface area contributed by atoms with Crippen LogP contribution in [0.5, 0.6) is 0 Å². The molecule has 106 valence electrons. The molecule has 0 radical (unpaired) electrons. The molecular weight excluding hydrogens is 264 g/mol. The minimum Gasteiger partial charge on any atom is -0.0795 e. The maximum absolute atomic E-state index is 2.40. The lowest BCUT2D eigenvalue weighted by molar-refractivity contribution is 1.22. The second-order valence-electron chi connectivity index (χ2n) is 6.61. The first-order valence-electron chi connectivity index (χ1n) is 8.09. The predicted molar refractivity (Wildman–Crippen MR) is 96.3 cm³/mol. The van der Waals surface area contributed by atoms with E-state index in [1.807, 2.05) is 0 Å². The van der Waals surface area contributed by atoms with E-state index < -0.39 is 0 Å².